The Labute approximate surface area is 157 Å². The van der Waals surface area contributed by atoms with Gasteiger partial charge >= 0.3 is 0 Å². The van der Waals surface area contributed by atoms with Crippen molar-refractivity contribution >= 4 is 17.3 Å². The van der Waals surface area contributed by atoms with Crippen molar-refractivity contribution in [1.29, 1.82) is 0 Å². The highest BCUT2D eigenvalue weighted by molar-refractivity contribution is 7.07. The SMILES string of the molecule is CN=C(NCc1ccc(Cn2ccccc2=O)cc1)NCc1ccsc1. The van der Waals surface area contributed by atoms with Gasteiger partial charge in [-0.05, 0) is 39.6 Å². The van der Waals surface area contributed by atoms with E-state index in [1.54, 1.807) is 41.3 Å². The molecule has 26 heavy (non-hydrogen) atoms. The number of thiophene rings is 1. The number of nitrogens with zero attached hydrogens (tertiary/aromatic N) is 2. The molecule has 0 amide bonds. The normalized spacial score (nSPS) is 11.3. The van der Waals surface area contributed by atoms with Crippen LogP contribution >= 0.6 is 11.3 Å². The minimum Gasteiger partial charge on any atom is -0.352 e. The van der Waals surface area contributed by atoms with E-state index in [1.807, 2.05) is 6.07 Å². The molecule has 0 spiro atoms. The molecule has 0 aliphatic carbocycles. The molecule has 0 radical (unpaired) electrons. The predicted molar refractivity (Wildman–Crippen MR) is 108 cm³/mol. The first-order valence-corrected chi connectivity index (χ1v) is 9.38. The van der Waals surface area contributed by atoms with Crippen LogP contribution < -0.4 is 16.2 Å². The number of pyridine rings is 1. The largest absolute Gasteiger partial charge is 0.352 e. The molecule has 0 saturated carbocycles. The second kappa shape index (κ2) is 9.01. The van der Waals surface area contributed by atoms with Crippen molar-refractivity contribution in [3.63, 3.8) is 0 Å². The molecule has 134 valence electrons. The summed E-state index contributed by atoms with van der Waals surface area (Å²) in [5.74, 6) is 0.774. The summed E-state index contributed by atoms with van der Waals surface area (Å²) < 4.78 is 1.70. The van der Waals surface area contributed by atoms with E-state index in [1.165, 1.54) is 5.56 Å². The van der Waals surface area contributed by atoms with Crippen molar-refractivity contribution in [2.24, 2.45) is 4.99 Å². The third kappa shape index (κ3) is 5.07. The molecular formula is C20H22N4OS. The lowest BCUT2D eigenvalue weighted by Crippen LogP contribution is -2.36. The molecule has 3 rings (SSSR count). The van der Waals surface area contributed by atoms with Crippen LogP contribution in [-0.4, -0.2) is 17.6 Å². The summed E-state index contributed by atoms with van der Waals surface area (Å²) in [6, 6.07) is 15.6. The van der Waals surface area contributed by atoms with Crippen LogP contribution in [0.25, 0.3) is 0 Å². The summed E-state index contributed by atoms with van der Waals surface area (Å²) in [7, 11) is 1.77. The van der Waals surface area contributed by atoms with Crippen molar-refractivity contribution in [1.82, 2.24) is 15.2 Å². The Morgan fingerprint density at radius 2 is 1.73 bits per heavy atom. The molecule has 0 unspecified atom stereocenters. The number of benzene rings is 1. The number of hydrogen-bond donors (Lipinski definition) is 2. The molecule has 6 heteroatoms. The quantitative estimate of drug-likeness (QED) is 0.521. The third-order valence-electron chi connectivity index (χ3n) is 4.00. The minimum atomic E-state index is 0.0127. The van der Waals surface area contributed by atoms with Crippen molar-refractivity contribution in [2.75, 3.05) is 7.05 Å². The Morgan fingerprint density at radius 3 is 2.38 bits per heavy atom. The Morgan fingerprint density at radius 1 is 1.00 bits per heavy atom. The van der Waals surface area contributed by atoms with Crippen LogP contribution in [0, 0.1) is 0 Å². The van der Waals surface area contributed by atoms with Gasteiger partial charge in [0.05, 0.1) is 6.54 Å². The van der Waals surface area contributed by atoms with Gasteiger partial charge in [0.2, 0.25) is 0 Å². The van der Waals surface area contributed by atoms with Gasteiger partial charge in [-0.25, -0.2) is 0 Å². The number of guanidine groups is 1. The van der Waals surface area contributed by atoms with Gasteiger partial charge in [0.1, 0.15) is 0 Å². The van der Waals surface area contributed by atoms with E-state index in [0.717, 1.165) is 23.6 Å². The number of rotatable bonds is 6. The third-order valence-corrected chi connectivity index (χ3v) is 4.73. The van der Waals surface area contributed by atoms with E-state index in [2.05, 4.69) is 56.7 Å². The summed E-state index contributed by atoms with van der Waals surface area (Å²) >= 11 is 1.69. The second-order valence-corrected chi connectivity index (χ2v) is 6.67. The van der Waals surface area contributed by atoms with Gasteiger partial charge in [0.25, 0.3) is 5.56 Å². The highest BCUT2D eigenvalue weighted by Gasteiger charge is 2.01. The van der Waals surface area contributed by atoms with Crippen molar-refractivity contribution in [3.8, 4) is 0 Å². The average molecular weight is 366 g/mol. The Hall–Kier alpha value is -2.86. The van der Waals surface area contributed by atoms with Crippen molar-refractivity contribution in [3.05, 3.63) is 92.5 Å². The zero-order chi connectivity index (χ0) is 18.2. The Balaban J connectivity index is 1.52. The number of nitrogens with one attached hydrogen (secondary N) is 2. The lowest BCUT2D eigenvalue weighted by Gasteiger charge is -2.12. The smallest absolute Gasteiger partial charge is 0.250 e. The van der Waals surface area contributed by atoms with Crippen LogP contribution in [0.4, 0.5) is 0 Å². The maximum atomic E-state index is 11.8. The summed E-state index contributed by atoms with van der Waals surface area (Å²) in [4.78, 5) is 16.0. The Kier molecular flexibility index (Phi) is 6.22. The molecule has 2 heterocycles. The van der Waals surface area contributed by atoms with Crippen LogP contribution in [0.15, 0.2) is 75.3 Å². The first kappa shape index (κ1) is 17.9. The monoisotopic (exact) mass is 366 g/mol. The maximum Gasteiger partial charge on any atom is 0.250 e. The van der Waals surface area contributed by atoms with E-state index in [4.69, 9.17) is 0 Å². The highest BCUT2D eigenvalue weighted by Crippen LogP contribution is 2.06. The lowest BCUT2D eigenvalue weighted by atomic mass is 10.1. The fourth-order valence-electron chi connectivity index (χ4n) is 2.54. The van der Waals surface area contributed by atoms with E-state index >= 15 is 0 Å². The van der Waals surface area contributed by atoms with Crippen molar-refractivity contribution < 1.29 is 0 Å². The lowest BCUT2D eigenvalue weighted by molar-refractivity contribution is 0.758. The summed E-state index contributed by atoms with van der Waals surface area (Å²) in [6.45, 7) is 2.03. The first-order valence-electron chi connectivity index (χ1n) is 8.43. The van der Waals surface area contributed by atoms with Gasteiger partial charge in [0, 0.05) is 32.4 Å². The molecule has 0 aliphatic heterocycles. The van der Waals surface area contributed by atoms with Gasteiger partial charge in [-0.2, -0.15) is 11.3 Å². The molecule has 2 N–H and O–H groups in total. The van der Waals surface area contributed by atoms with Crippen LogP contribution in [0.3, 0.4) is 0 Å². The summed E-state index contributed by atoms with van der Waals surface area (Å²) in [6.07, 6.45) is 1.81. The average Bonchev–Trinajstić information content (AvgIpc) is 3.18. The van der Waals surface area contributed by atoms with Gasteiger partial charge < -0.3 is 15.2 Å². The van der Waals surface area contributed by atoms with Crippen LogP contribution in [0.2, 0.25) is 0 Å². The molecule has 1 aromatic carbocycles. The summed E-state index contributed by atoms with van der Waals surface area (Å²) in [5, 5.41) is 10.8. The molecule has 0 saturated heterocycles. The second-order valence-electron chi connectivity index (χ2n) is 5.89. The fourth-order valence-corrected chi connectivity index (χ4v) is 3.20. The van der Waals surface area contributed by atoms with Gasteiger partial charge in [-0.3, -0.25) is 9.79 Å². The minimum absolute atomic E-state index is 0.0127. The predicted octanol–water partition coefficient (Wildman–Crippen LogP) is 2.82. The van der Waals surface area contributed by atoms with E-state index in [-0.39, 0.29) is 5.56 Å². The first-order chi connectivity index (χ1) is 12.7. The zero-order valence-electron chi connectivity index (χ0n) is 14.7. The molecular weight excluding hydrogens is 344 g/mol. The van der Waals surface area contributed by atoms with E-state index in [9.17, 15) is 4.79 Å². The molecule has 0 fully saturated rings. The highest BCUT2D eigenvalue weighted by atomic mass is 32.1. The van der Waals surface area contributed by atoms with Gasteiger partial charge in [-0.1, -0.05) is 30.3 Å². The Bertz CT molecular complexity index is 898. The van der Waals surface area contributed by atoms with Crippen molar-refractivity contribution in [2.45, 2.75) is 19.6 Å². The van der Waals surface area contributed by atoms with Crippen LogP contribution in [0.5, 0.6) is 0 Å². The van der Waals surface area contributed by atoms with E-state index < -0.39 is 0 Å². The standard InChI is InChI=1S/C20H22N4OS/c1-21-20(23-13-18-9-11-26-15-18)22-12-16-5-7-17(8-6-16)14-24-10-3-2-4-19(24)25/h2-11,15H,12-14H2,1H3,(H2,21,22,23). The molecule has 5 nitrogen and oxygen atoms in total. The number of aliphatic imine (C=N–C) groups is 1. The fraction of sp³-hybridized carbons (Fsp3) is 0.200. The molecule has 3 aromatic rings. The van der Waals surface area contributed by atoms with E-state index in [0.29, 0.717) is 13.1 Å². The molecule has 0 aliphatic rings. The molecule has 0 atom stereocenters. The van der Waals surface area contributed by atoms with Crippen LogP contribution in [-0.2, 0) is 19.6 Å². The number of aromatic nitrogens is 1. The van der Waals surface area contributed by atoms with Gasteiger partial charge in [0.15, 0.2) is 5.96 Å². The zero-order valence-corrected chi connectivity index (χ0v) is 15.5. The molecule has 0 bridgehead atoms. The van der Waals surface area contributed by atoms with Gasteiger partial charge in [-0.15, -0.1) is 0 Å². The topological polar surface area (TPSA) is 58.4 Å². The number of hydrogen-bond acceptors (Lipinski definition) is 3. The maximum absolute atomic E-state index is 11.8. The molecule has 2 aromatic heterocycles. The van der Waals surface area contributed by atoms with Crippen LogP contribution in [0.1, 0.15) is 16.7 Å². The summed E-state index contributed by atoms with van der Waals surface area (Å²) in [5.41, 5.74) is 3.52.